The first-order valence-corrected chi connectivity index (χ1v) is 9.81. The monoisotopic (exact) mass is 351 g/mol. The van der Waals surface area contributed by atoms with Gasteiger partial charge in [-0.25, -0.2) is 14.6 Å². The first-order valence-electron chi connectivity index (χ1n) is 8.93. The molecular weight excluding hydrogens is 326 g/mol. The smallest absolute Gasteiger partial charge is 0.355 e. The third-order valence-corrected chi connectivity index (χ3v) is 5.87. The predicted molar refractivity (Wildman–Crippen MR) is 93.7 cm³/mol. The Bertz CT molecular complexity index is 559. The second-order valence-electron chi connectivity index (χ2n) is 6.76. The van der Waals surface area contributed by atoms with E-state index in [1.54, 1.807) is 0 Å². The molecule has 1 heterocycles. The summed E-state index contributed by atoms with van der Waals surface area (Å²) >= 11 is 1.17. The van der Waals surface area contributed by atoms with Gasteiger partial charge >= 0.3 is 12.0 Å². The van der Waals surface area contributed by atoms with Gasteiger partial charge in [0, 0.05) is 17.5 Å². The van der Waals surface area contributed by atoms with Crippen molar-refractivity contribution in [2.75, 3.05) is 5.32 Å². The first-order chi connectivity index (χ1) is 11.6. The van der Waals surface area contributed by atoms with Gasteiger partial charge in [-0.2, -0.15) is 0 Å². The summed E-state index contributed by atoms with van der Waals surface area (Å²) in [6.45, 7) is 0. The molecule has 1 aromatic heterocycles. The maximum atomic E-state index is 12.9. The third-order valence-electron chi connectivity index (χ3n) is 5.11. The minimum Gasteiger partial charge on any atom is -0.476 e. The molecule has 0 saturated heterocycles. The summed E-state index contributed by atoms with van der Waals surface area (Å²) in [7, 11) is 0. The molecule has 132 valence electrons. The highest BCUT2D eigenvalue weighted by molar-refractivity contribution is 7.14. The standard InChI is InChI=1S/C17H25N3O3S/c21-15(22)14-11-24-16(18-14)19-17(23)20(12-7-3-1-4-8-12)13-9-5-2-6-10-13/h11-13H,1-10H2,(H,21,22)(H,18,19,23). The molecule has 7 heteroatoms. The summed E-state index contributed by atoms with van der Waals surface area (Å²) in [6.07, 6.45) is 11.5. The molecule has 0 aliphatic heterocycles. The van der Waals surface area contributed by atoms with E-state index in [4.69, 9.17) is 5.11 Å². The summed E-state index contributed by atoms with van der Waals surface area (Å²) in [5, 5.41) is 13.6. The highest BCUT2D eigenvalue weighted by Gasteiger charge is 2.32. The predicted octanol–water partition coefficient (Wildman–Crippen LogP) is 4.34. The fourth-order valence-corrected chi connectivity index (χ4v) is 4.61. The number of carbonyl (C=O) groups is 2. The quantitative estimate of drug-likeness (QED) is 0.845. The number of rotatable bonds is 4. The number of hydrogen-bond acceptors (Lipinski definition) is 4. The second kappa shape index (κ2) is 7.96. The zero-order valence-corrected chi connectivity index (χ0v) is 14.7. The van der Waals surface area contributed by atoms with Gasteiger partial charge in [0.05, 0.1) is 0 Å². The van der Waals surface area contributed by atoms with Crippen LogP contribution in [0.25, 0.3) is 0 Å². The molecule has 2 amide bonds. The molecule has 2 N–H and O–H groups in total. The maximum absolute atomic E-state index is 12.9. The summed E-state index contributed by atoms with van der Waals surface area (Å²) in [5.74, 6) is -1.07. The highest BCUT2D eigenvalue weighted by Crippen LogP contribution is 2.31. The van der Waals surface area contributed by atoms with Crippen molar-refractivity contribution in [2.45, 2.75) is 76.3 Å². The molecule has 0 atom stereocenters. The maximum Gasteiger partial charge on any atom is 0.355 e. The molecule has 0 radical (unpaired) electrons. The van der Waals surface area contributed by atoms with E-state index in [1.165, 1.54) is 55.2 Å². The van der Waals surface area contributed by atoms with Crippen LogP contribution >= 0.6 is 11.3 Å². The van der Waals surface area contributed by atoms with Crippen LogP contribution in [0.5, 0.6) is 0 Å². The average Bonchev–Trinajstić information content (AvgIpc) is 3.06. The van der Waals surface area contributed by atoms with Crippen LogP contribution in [-0.2, 0) is 0 Å². The number of carboxylic acid groups (broad SMARTS) is 1. The average molecular weight is 351 g/mol. The van der Waals surface area contributed by atoms with Gasteiger partial charge in [-0.15, -0.1) is 11.3 Å². The number of thiazole rings is 1. The molecule has 2 aliphatic rings. The van der Waals surface area contributed by atoms with Crippen LogP contribution in [0.3, 0.4) is 0 Å². The minimum atomic E-state index is -1.07. The number of hydrogen-bond donors (Lipinski definition) is 2. The number of carbonyl (C=O) groups excluding carboxylic acids is 1. The van der Waals surface area contributed by atoms with Gasteiger partial charge in [0.2, 0.25) is 0 Å². The van der Waals surface area contributed by atoms with E-state index in [1.807, 2.05) is 0 Å². The summed E-state index contributed by atoms with van der Waals surface area (Å²) < 4.78 is 0. The van der Waals surface area contributed by atoms with Crippen molar-refractivity contribution in [1.82, 2.24) is 9.88 Å². The van der Waals surface area contributed by atoms with Gasteiger partial charge < -0.3 is 10.0 Å². The molecule has 2 saturated carbocycles. The van der Waals surface area contributed by atoms with E-state index in [0.717, 1.165) is 25.7 Å². The molecule has 2 fully saturated rings. The Kier molecular flexibility index (Phi) is 5.71. The number of anilines is 1. The van der Waals surface area contributed by atoms with Gasteiger partial charge in [0.15, 0.2) is 10.8 Å². The SMILES string of the molecule is O=C(O)c1csc(NC(=O)N(C2CCCCC2)C2CCCCC2)n1. The van der Waals surface area contributed by atoms with Crippen molar-refractivity contribution < 1.29 is 14.7 Å². The number of aromatic nitrogens is 1. The van der Waals surface area contributed by atoms with Crippen molar-refractivity contribution in [1.29, 1.82) is 0 Å². The third kappa shape index (κ3) is 4.06. The lowest BCUT2D eigenvalue weighted by Crippen LogP contribution is -2.50. The van der Waals surface area contributed by atoms with Crippen LogP contribution in [0, 0.1) is 0 Å². The van der Waals surface area contributed by atoms with Gasteiger partial charge in [-0.1, -0.05) is 38.5 Å². The normalized spacial score (nSPS) is 19.8. The first kappa shape index (κ1) is 17.2. The fourth-order valence-electron chi connectivity index (χ4n) is 3.93. The molecule has 2 aliphatic carbocycles. The molecule has 3 rings (SSSR count). The molecular formula is C17H25N3O3S. The van der Waals surface area contributed by atoms with E-state index >= 15 is 0 Å². The lowest BCUT2D eigenvalue weighted by atomic mass is 9.89. The van der Waals surface area contributed by atoms with Crippen molar-refractivity contribution in [3.8, 4) is 0 Å². The van der Waals surface area contributed by atoms with Crippen molar-refractivity contribution in [3.05, 3.63) is 11.1 Å². The number of carboxylic acids is 1. The molecule has 6 nitrogen and oxygen atoms in total. The van der Waals surface area contributed by atoms with E-state index in [0.29, 0.717) is 17.2 Å². The van der Waals surface area contributed by atoms with E-state index < -0.39 is 5.97 Å². The number of nitrogens with zero attached hydrogens (tertiary/aromatic N) is 2. The fraction of sp³-hybridized carbons (Fsp3) is 0.706. The number of nitrogens with one attached hydrogen (secondary N) is 1. The van der Waals surface area contributed by atoms with E-state index in [9.17, 15) is 9.59 Å². The minimum absolute atomic E-state index is 0.0165. The van der Waals surface area contributed by atoms with Gasteiger partial charge in [0.25, 0.3) is 0 Å². The van der Waals surface area contributed by atoms with Crippen LogP contribution in [0.1, 0.15) is 74.7 Å². The van der Waals surface area contributed by atoms with E-state index in [2.05, 4.69) is 15.2 Å². The summed E-state index contributed by atoms with van der Waals surface area (Å²) in [6, 6.07) is 0.501. The Labute approximate surface area is 146 Å². The molecule has 24 heavy (non-hydrogen) atoms. The molecule has 0 bridgehead atoms. The molecule has 1 aromatic rings. The Morgan fingerprint density at radius 3 is 2.04 bits per heavy atom. The number of amides is 2. The molecule has 0 aromatic carbocycles. The number of aromatic carboxylic acids is 1. The zero-order valence-electron chi connectivity index (χ0n) is 13.9. The lowest BCUT2D eigenvalue weighted by Gasteiger charge is -2.41. The Hall–Kier alpha value is -1.63. The largest absolute Gasteiger partial charge is 0.476 e. The Morgan fingerprint density at radius 1 is 1.04 bits per heavy atom. The van der Waals surface area contributed by atoms with Crippen molar-refractivity contribution >= 4 is 28.5 Å². The van der Waals surface area contributed by atoms with Crippen LogP contribution in [0.15, 0.2) is 5.38 Å². The van der Waals surface area contributed by atoms with Crippen LogP contribution in [-0.4, -0.2) is 39.1 Å². The van der Waals surface area contributed by atoms with Crippen LogP contribution in [0.4, 0.5) is 9.93 Å². The second-order valence-corrected chi connectivity index (χ2v) is 7.62. The van der Waals surface area contributed by atoms with Crippen LogP contribution < -0.4 is 5.32 Å². The van der Waals surface area contributed by atoms with Crippen molar-refractivity contribution in [3.63, 3.8) is 0 Å². The molecule has 0 unspecified atom stereocenters. The Morgan fingerprint density at radius 2 is 1.58 bits per heavy atom. The summed E-state index contributed by atoms with van der Waals surface area (Å²) in [5.41, 5.74) is -0.0165. The lowest BCUT2D eigenvalue weighted by molar-refractivity contribution is 0.0691. The van der Waals surface area contributed by atoms with Gasteiger partial charge in [-0.3, -0.25) is 5.32 Å². The van der Waals surface area contributed by atoms with Gasteiger partial charge in [-0.05, 0) is 25.7 Å². The highest BCUT2D eigenvalue weighted by atomic mass is 32.1. The summed E-state index contributed by atoms with van der Waals surface area (Å²) in [4.78, 5) is 29.9. The Balaban J connectivity index is 1.72. The van der Waals surface area contributed by atoms with Crippen molar-refractivity contribution in [2.24, 2.45) is 0 Å². The molecule has 0 spiro atoms. The topological polar surface area (TPSA) is 82.5 Å². The van der Waals surface area contributed by atoms with E-state index in [-0.39, 0.29) is 11.7 Å². The van der Waals surface area contributed by atoms with Crippen LogP contribution in [0.2, 0.25) is 0 Å². The zero-order chi connectivity index (χ0) is 16.9. The number of urea groups is 1. The van der Waals surface area contributed by atoms with Gasteiger partial charge in [0.1, 0.15) is 0 Å².